The second kappa shape index (κ2) is 15.2. The van der Waals surface area contributed by atoms with Crippen LogP contribution in [0.5, 0.6) is 0 Å². The van der Waals surface area contributed by atoms with Crippen LogP contribution in [0, 0.1) is 40.8 Å². The first kappa shape index (κ1) is 33.6. The Morgan fingerprint density at radius 2 is 1.07 bits per heavy atom. The lowest BCUT2D eigenvalue weighted by molar-refractivity contribution is -0.00294. The van der Waals surface area contributed by atoms with Gasteiger partial charge in [-0.2, -0.15) is 0 Å². The fourth-order valence-electron chi connectivity index (χ4n) is 7.29. The highest BCUT2D eigenvalue weighted by Gasteiger charge is 2.30. The molecule has 0 amide bonds. The van der Waals surface area contributed by atoms with Gasteiger partial charge in [0.25, 0.3) is 0 Å². The molecule has 0 unspecified atom stereocenters. The van der Waals surface area contributed by atoms with E-state index in [2.05, 4.69) is 6.92 Å². The second-order valence-corrected chi connectivity index (χ2v) is 13.0. The van der Waals surface area contributed by atoms with E-state index in [9.17, 15) is 17.6 Å². The summed E-state index contributed by atoms with van der Waals surface area (Å²) in [6.07, 6.45) is 9.93. The van der Waals surface area contributed by atoms with E-state index in [1.54, 1.807) is 19.1 Å². The van der Waals surface area contributed by atoms with E-state index >= 15 is 8.78 Å². The van der Waals surface area contributed by atoms with Gasteiger partial charge in [0.05, 0.1) is 6.10 Å². The largest absolute Gasteiger partial charge is 0.378 e. The lowest BCUT2D eigenvalue weighted by Crippen LogP contribution is -2.26. The number of halogens is 6. The summed E-state index contributed by atoms with van der Waals surface area (Å²) in [5, 5.41) is 0. The van der Waals surface area contributed by atoms with Crippen molar-refractivity contribution in [3.63, 3.8) is 0 Å². The molecule has 3 aromatic carbocycles. The Kier molecular flexibility index (Phi) is 11.3. The molecule has 0 heterocycles. The van der Waals surface area contributed by atoms with Crippen molar-refractivity contribution in [1.82, 2.24) is 0 Å². The van der Waals surface area contributed by atoms with E-state index in [-0.39, 0.29) is 40.2 Å². The zero-order valence-electron chi connectivity index (χ0n) is 26.3. The highest BCUT2D eigenvalue weighted by molar-refractivity contribution is 5.66. The van der Waals surface area contributed by atoms with Crippen LogP contribution < -0.4 is 0 Å². The van der Waals surface area contributed by atoms with Gasteiger partial charge in [0.1, 0.15) is 0 Å². The average Bonchev–Trinajstić information content (AvgIpc) is 3.06. The van der Waals surface area contributed by atoms with Gasteiger partial charge in [0.15, 0.2) is 34.9 Å². The summed E-state index contributed by atoms with van der Waals surface area (Å²) >= 11 is 0. The van der Waals surface area contributed by atoms with Crippen molar-refractivity contribution in [2.45, 2.75) is 115 Å². The van der Waals surface area contributed by atoms with E-state index in [1.807, 2.05) is 0 Å². The molecule has 0 N–H and O–H groups in total. The van der Waals surface area contributed by atoms with E-state index in [1.165, 1.54) is 24.3 Å². The van der Waals surface area contributed by atoms with Crippen molar-refractivity contribution in [2.24, 2.45) is 5.92 Å². The summed E-state index contributed by atoms with van der Waals surface area (Å²) in [4.78, 5) is 0. The minimum absolute atomic E-state index is 0.00706. The number of ether oxygens (including phenoxy) is 1. The predicted octanol–water partition coefficient (Wildman–Crippen LogP) is 11.5. The molecule has 0 radical (unpaired) electrons. The highest BCUT2D eigenvalue weighted by atomic mass is 19.2. The van der Waals surface area contributed by atoms with Gasteiger partial charge in [-0.1, -0.05) is 63.1 Å². The minimum atomic E-state index is -1.16. The average molecular weight is 631 g/mol. The van der Waals surface area contributed by atoms with Crippen molar-refractivity contribution in [2.75, 3.05) is 6.61 Å². The Morgan fingerprint density at radius 3 is 1.69 bits per heavy atom. The van der Waals surface area contributed by atoms with E-state index in [0.717, 1.165) is 57.8 Å². The predicted molar refractivity (Wildman–Crippen MR) is 166 cm³/mol. The smallest absolute Gasteiger partial charge is 0.167 e. The van der Waals surface area contributed by atoms with Gasteiger partial charge in [0.2, 0.25) is 0 Å². The summed E-state index contributed by atoms with van der Waals surface area (Å²) in [6, 6.07) is 9.09. The molecule has 0 saturated heterocycles. The first-order valence-corrected chi connectivity index (χ1v) is 16.8. The molecule has 2 saturated carbocycles. The lowest BCUT2D eigenvalue weighted by atomic mass is 9.78. The summed E-state index contributed by atoms with van der Waals surface area (Å²) in [5.41, 5.74) is 0.846. The molecule has 5 rings (SSSR count). The Balaban J connectivity index is 1.10. The first-order valence-electron chi connectivity index (χ1n) is 16.8. The molecular weight excluding hydrogens is 586 g/mol. The fraction of sp³-hybridized carbons (Fsp3) is 0.526. The first-order chi connectivity index (χ1) is 21.7. The number of unbranched alkanes of at least 4 members (excludes halogenated alkanes) is 2. The van der Waals surface area contributed by atoms with Crippen LogP contribution in [-0.2, 0) is 17.6 Å². The quantitative estimate of drug-likeness (QED) is 0.151. The number of benzene rings is 3. The van der Waals surface area contributed by atoms with Crippen LogP contribution in [0.4, 0.5) is 26.3 Å². The number of rotatable bonds is 11. The molecule has 2 aliphatic rings. The van der Waals surface area contributed by atoms with Crippen molar-refractivity contribution in [3.05, 3.63) is 93.6 Å². The monoisotopic (exact) mass is 630 g/mol. The Hall–Kier alpha value is -2.80. The SMILES string of the molecule is CCCCCc1ccc(C2CCC(OCC3CCC(c4ccc(-c5ccc(CC)c(F)c5F)c(F)c4F)CC3)CC2)c(F)c1F. The molecule has 1 nitrogen and oxygen atoms in total. The molecule has 0 aromatic heterocycles. The maximum Gasteiger partial charge on any atom is 0.167 e. The van der Waals surface area contributed by atoms with Crippen molar-refractivity contribution < 1.29 is 31.1 Å². The zero-order chi connectivity index (χ0) is 32.1. The van der Waals surface area contributed by atoms with Gasteiger partial charge in [-0.05, 0) is 111 Å². The number of aryl methyl sites for hydroxylation is 2. The molecule has 244 valence electrons. The second-order valence-electron chi connectivity index (χ2n) is 13.0. The standard InChI is InChI=1S/C38H44F6O/c1-3-5-6-7-27-15-18-29(35(41)34(27)40)26-12-16-28(17-13-26)45-22-23-8-10-25(11-9-23)30-20-21-32(38(44)36(30)42)31-19-14-24(4-2)33(39)37(31)43/h14-15,18-21,23,25-26,28H,3-13,16-17,22H2,1-2H3. The molecule has 2 aliphatic carbocycles. The number of hydrogen-bond donors (Lipinski definition) is 0. The maximum atomic E-state index is 15.2. The van der Waals surface area contributed by atoms with Crippen LogP contribution in [-0.4, -0.2) is 12.7 Å². The van der Waals surface area contributed by atoms with Gasteiger partial charge in [-0.3, -0.25) is 0 Å². The minimum Gasteiger partial charge on any atom is -0.378 e. The fourth-order valence-corrected chi connectivity index (χ4v) is 7.29. The summed E-state index contributed by atoms with van der Waals surface area (Å²) in [5.74, 6) is -5.57. The summed E-state index contributed by atoms with van der Waals surface area (Å²) in [6.45, 7) is 4.37. The van der Waals surface area contributed by atoms with Crippen LogP contribution in [0.25, 0.3) is 11.1 Å². The van der Waals surface area contributed by atoms with Crippen LogP contribution >= 0.6 is 0 Å². The van der Waals surface area contributed by atoms with Gasteiger partial charge < -0.3 is 4.74 Å². The van der Waals surface area contributed by atoms with E-state index in [4.69, 9.17) is 4.74 Å². The van der Waals surface area contributed by atoms with Crippen molar-refractivity contribution in [1.29, 1.82) is 0 Å². The van der Waals surface area contributed by atoms with Crippen LogP contribution in [0.2, 0.25) is 0 Å². The third-order valence-electron chi connectivity index (χ3n) is 10.2. The maximum absolute atomic E-state index is 15.2. The van der Waals surface area contributed by atoms with E-state index < -0.39 is 34.9 Å². The summed E-state index contributed by atoms with van der Waals surface area (Å²) in [7, 11) is 0. The summed E-state index contributed by atoms with van der Waals surface area (Å²) < 4.78 is 95.2. The Labute approximate surface area is 263 Å². The zero-order valence-corrected chi connectivity index (χ0v) is 26.3. The van der Waals surface area contributed by atoms with Gasteiger partial charge >= 0.3 is 0 Å². The molecule has 0 atom stereocenters. The molecule has 0 bridgehead atoms. The Bertz CT molecular complexity index is 1450. The normalized spacial score (nSPS) is 22.1. The highest BCUT2D eigenvalue weighted by Crippen LogP contribution is 2.41. The van der Waals surface area contributed by atoms with Gasteiger partial charge in [0, 0.05) is 17.7 Å². The number of hydrogen-bond acceptors (Lipinski definition) is 1. The lowest BCUT2D eigenvalue weighted by Gasteiger charge is -2.33. The molecule has 2 fully saturated rings. The molecule has 45 heavy (non-hydrogen) atoms. The van der Waals surface area contributed by atoms with Crippen LogP contribution in [0.3, 0.4) is 0 Å². The van der Waals surface area contributed by atoms with Crippen LogP contribution in [0.15, 0.2) is 36.4 Å². The van der Waals surface area contributed by atoms with Crippen LogP contribution in [0.1, 0.15) is 119 Å². The van der Waals surface area contributed by atoms with Crippen molar-refractivity contribution >= 4 is 0 Å². The van der Waals surface area contributed by atoms with Gasteiger partial charge in [-0.15, -0.1) is 0 Å². The molecular formula is C38H44F6O. The van der Waals surface area contributed by atoms with E-state index in [0.29, 0.717) is 49.3 Å². The third-order valence-corrected chi connectivity index (χ3v) is 10.2. The Morgan fingerprint density at radius 1 is 0.556 bits per heavy atom. The molecule has 3 aromatic rings. The van der Waals surface area contributed by atoms with Crippen molar-refractivity contribution in [3.8, 4) is 11.1 Å². The van der Waals surface area contributed by atoms with Gasteiger partial charge in [-0.25, -0.2) is 26.3 Å². The molecule has 0 spiro atoms. The molecule has 7 heteroatoms. The third kappa shape index (κ3) is 7.45. The molecule has 0 aliphatic heterocycles. The topological polar surface area (TPSA) is 9.23 Å².